The summed E-state index contributed by atoms with van der Waals surface area (Å²) in [5.41, 5.74) is 0.866. The first-order valence-corrected chi connectivity index (χ1v) is 8.21. The van der Waals surface area contributed by atoms with E-state index in [0.29, 0.717) is 12.8 Å². The molecule has 23 heavy (non-hydrogen) atoms. The molecule has 1 fully saturated rings. The van der Waals surface area contributed by atoms with Gasteiger partial charge in [-0.15, -0.1) is 0 Å². The molecule has 1 saturated carbocycles. The van der Waals surface area contributed by atoms with Gasteiger partial charge in [-0.1, -0.05) is 43.2 Å². The topological polar surface area (TPSA) is 69.4 Å². The first-order valence-electron chi connectivity index (χ1n) is 8.21. The Hall–Kier alpha value is -1.91. The Morgan fingerprint density at radius 3 is 2.26 bits per heavy atom. The lowest BCUT2D eigenvalue weighted by molar-refractivity contribution is -0.581. The molecule has 1 aliphatic carbocycles. The number of hydrogen-bond donors (Lipinski definition) is 0. The molecule has 5 nitrogen and oxygen atoms in total. The third kappa shape index (κ3) is 3.38. The molecule has 1 aliphatic rings. The summed E-state index contributed by atoms with van der Waals surface area (Å²) in [4.78, 5) is 24.0. The summed E-state index contributed by atoms with van der Waals surface area (Å²) in [7, 11) is 1.34. The Morgan fingerprint density at radius 1 is 1.22 bits per heavy atom. The number of benzene rings is 1. The SMILES string of the molecule is COC(=O)C(C)C(c1ccc(C)cc1)C1([N+](=O)[O-])CCCCC1. The number of nitro groups is 1. The highest BCUT2D eigenvalue weighted by Gasteiger charge is 2.54. The molecule has 0 radical (unpaired) electrons. The van der Waals surface area contributed by atoms with E-state index in [-0.39, 0.29) is 10.9 Å². The summed E-state index contributed by atoms with van der Waals surface area (Å²) in [6, 6.07) is 7.73. The van der Waals surface area contributed by atoms with Crippen molar-refractivity contribution in [2.24, 2.45) is 5.92 Å². The van der Waals surface area contributed by atoms with Gasteiger partial charge in [0.15, 0.2) is 0 Å². The fourth-order valence-electron chi connectivity index (χ4n) is 3.93. The van der Waals surface area contributed by atoms with Crippen LogP contribution in [0.5, 0.6) is 0 Å². The van der Waals surface area contributed by atoms with Gasteiger partial charge in [-0.05, 0) is 25.3 Å². The number of hydrogen-bond acceptors (Lipinski definition) is 4. The van der Waals surface area contributed by atoms with Gasteiger partial charge in [0, 0.05) is 17.8 Å². The number of esters is 1. The predicted octanol–water partition coefficient (Wildman–Crippen LogP) is 3.87. The van der Waals surface area contributed by atoms with Crippen molar-refractivity contribution in [3.8, 4) is 0 Å². The minimum atomic E-state index is -1.08. The molecule has 1 aromatic carbocycles. The lowest BCUT2D eigenvalue weighted by Gasteiger charge is -2.38. The highest BCUT2D eigenvalue weighted by Crippen LogP contribution is 2.46. The summed E-state index contributed by atoms with van der Waals surface area (Å²) in [5.74, 6) is -1.40. The Bertz CT molecular complexity index is 561. The smallest absolute Gasteiger partial charge is 0.309 e. The van der Waals surface area contributed by atoms with Crippen LogP contribution >= 0.6 is 0 Å². The van der Waals surface area contributed by atoms with Gasteiger partial charge in [0.25, 0.3) is 0 Å². The van der Waals surface area contributed by atoms with E-state index in [4.69, 9.17) is 4.74 Å². The molecule has 0 spiro atoms. The lowest BCUT2D eigenvalue weighted by Crippen LogP contribution is -2.49. The first kappa shape index (κ1) is 17.4. The number of rotatable bonds is 5. The zero-order valence-corrected chi connectivity index (χ0v) is 14.1. The zero-order chi connectivity index (χ0) is 17.0. The fraction of sp³-hybridized carbons (Fsp3) is 0.611. The summed E-state index contributed by atoms with van der Waals surface area (Å²) >= 11 is 0. The standard InChI is InChI=1S/C18H25NO4/c1-13-7-9-15(10-8-13)16(14(2)17(20)23-3)18(19(21)22)11-5-4-6-12-18/h7-10,14,16H,4-6,11-12H2,1-3H3. The van der Waals surface area contributed by atoms with Crippen molar-refractivity contribution in [2.75, 3.05) is 7.11 Å². The second kappa shape index (κ2) is 7.11. The average molecular weight is 319 g/mol. The van der Waals surface area contributed by atoms with E-state index in [1.807, 2.05) is 31.2 Å². The molecule has 2 rings (SSSR count). The molecule has 0 aliphatic heterocycles. The second-order valence-corrected chi connectivity index (χ2v) is 6.62. The van der Waals surface area contributed by atoms with Crippen LogP contribution in [0.15, 0.2) is 24.3 Å². The molecule has 5 heteroatoms. The summed E-state index contributed by atoms with van der Waals surface area (Å²) in [6.45, 7) is 3.72. The summed E-state index contributed by atoms with van der Waals surface area (Å²) in [6.07, 6.45) is 3.71. The van der Waals surface area contributed by atoms with Crippen LogP contribution in [0, 0.1) is 23.0 Å². The van der Waals surface area contributed by atoms with Gasteiger partial charge in [-0.25, -0.2) is 0 Å². The maximum Gasteiger partial charge on any atom is 0.309 e. The molecule has 0 bridgehead atoms. The first-order chi connectivity index (χ1) is 10.9. The molecule has 0 aromatic heterocycles. The van der Waals surface area contributed by atoms with Crippen LogP contribution in [0.4, 0.5) is 0 Å². The van der Waals surface area contributed by atoms with Crippen LogP contribution < -0.4 is 0 Å². The lowest BCUT2D eigenvalue weighted by atomic mass is 9.66. The molecule has 126 valence electrons. The van der Waals surface area contributed by atoms with Crippen LogP contribution in [0.1, 0.15) is 56.1 Å². The third-order valence-corrected chi connectivity index (χ3v) is 5.17. The number of ether oxygens (including phenoxy) is 1. The zero-order valence-electron chi connectivity index (χ0n) is 14.1. The minimum absolute atomic E-state index is 0.143. The Labute approximate surface area is 137 Å². The molecule has 0 N–H and O–H groups in total. The average Bonchev–Trinajstić information content (AvgIpc) is 2.56. The molecular formula is C18H25NO4. The van der Waals surface area contributed by atoms with Crippen molar-refractivity contribution in [3.05, 3.63) is 45.5 Å². The molecule has 1 aromatic rings. The highest BCUT2D eigenvalue weighted by molar-refractivity contribution is 5.73. The second-order valence-electron chi connectivity index (χ2n) is 6.62. The monoisotopic (exact) mass is 319 g/mol. The number of carbonyl (C=O) groups is 1. The van der Waals surface area contributed by atoms with Crippen molar-refractivity contribution < 1.29 is 14.5 Å². The van der Waals surface area contributed by atoms with E-state index in [0.717, 1.165) is 30.4 Å². The molecule has 0 heterocycles. The number of nitrogens with zero attached hydrogens (tertiary/aromatic N) is 1. The molecular weight excluding hydrogens is 294 g/mol. The normalized spacial score (nSPS) is 19.6. The quantitative estimate of drug-likeness (QED) is 0.469. The van der Waals surface area contributed by atoms with Crippen LogP contribution in [0.3, 0.4) is 0 Å². The van der Waals surface area contributed by atoms with E-state index in [2.05, 4.69) is 0 Å². The molecule has 2 atom stereocenters. The largest absolute Gasteiger partial charge is 0.469 e. The van der Waals surface area contributed by atoms with E-state index in [1.54, 1.807) is 6.92 Å². The van der Waals surface area contributed by atoms with Crippen LogP contribution in [-0.4, -0.2) is 23.5 Å². The maximum absolute atomic E-state index is 12.2. The van der Waals surface area contributed by atoms with Crippen molar-refractivity contribution >= 4 is 5.97 Å². The van der Waals surface area contributed by atoms with Gasteiger partial charge in [0.1, 0.15) is 0 Å². The Kier molecular flexibility index (Phi) is 5.39. The molecule has 0 amide bonds. The van der Waals surface area contributed by atoms with Gasteiger partial charge in [0.2, 0.25) is 5.54 Å². The Balaban J connectivity index is 2.52. The van der Waals surface area contributed by atoms with Gasteiger partial charge in [0.05, 0.1) is 18.9 Å². The number of carbonyl (C=O) groups excluding carboxylic acids is 1. The summed E-state index contributed by atoms with van der Waals surface area (Å²) < 4.78 is 4.89. The predicted molar refractivity (Wildman–Crippen MR) is 87.9 cm³/mol. The van der Waals surface area contributed by atoms with Gasteiger partial charge >= 0.3 is 5.97 Å². The third-order valence-electron chi connectivity index (χ3n) is 5.17. The van der Waals surface area contributed by atoms with E-state index in [9.17, 15) is 14.9 Å². The summed E-state index contributed by atoms with van der Waals surface area (Å²) in [5, 5.41) is 12.0. The van der Waals surface area contributed by atoms with Gasteiger partial charge in [-0.2, -0.15) is 0 Å². The highest BCUT2D eigenvalue weighted by atomic mass is 16.6. The maximum atomic E-state index is 12.2. The van der Waals surface area contributed by atoms with E-state index >= 15 is 0 Å². The number of aryl methyl sites for hydroxylation is 1. The molecule has 2 unspecified atom stereocenters. The fourth-order valence-corrected chi connectivity index (χ4v) is 3.93. The minimum Gasteiger partial charge on any atom is -0.469 e. The van der Waals surface area contributed by atoms with E-state index in [1.165, 1.54) is 7.11 Å². The van der Waals surface area contributed by atoms with E-state index < -0.39 is 17.4 Å². The Morgan fingerprint density at radius 2 is 1.78 bits per heavy atom. The van der Waals surface area contributed by atoms with Crippen molar-refractivity contribution in [3.63, 3.8) is 0 Å². The molecule has 0 saturated heterocycles. The van der Waals surface area contributed by atoms with Crippen LogP contribution in [-0.2, 0) is 9.53 Å². The van der Waals surface area contributed by atoms with Crippen LogP contribution in [0.2, 0.25) is 0 Å². The van der Waals surface area contributed by atoms with Crippen molar-refractivity contribution in [2.45, 2.75) is 57.4 Å². The van der Waals surface area contributed by atoms with Gasteiger partial charge in [-0.3, -0.25) is 14.9 Å². The van der Waals surface area contributed by atoms with Crippen molar-refractivity contribution in [1.82, 2.24) is 0 Å². The number of methoxy groups -OCH3 is 1. The van der Waals surface area contributed by atoms with Crippen molar-refractivity contribution in [1.29, 1.82) is 0 Å². The van der Waals surface area contributed by atoms with Gasteiger partial charge < -0.3 is 4.74 Å². The van der Waals surface area contributed by atoms with Crippen LogP contribution in [0.25, 0.3) is 0 Å².